The smallest absolute Gasteiger partial charge is 0.225 e. The third kappa shape index (κ3) is 3.20. The minimum atomic E-state index is -1.53. The lowest BCUT2D eigenvalue weighted by Crippen LogP contribution is -2.62. The molecule has 0 unspecified atom stereocenters. The molecule has 1 aromatic heterocycles. The van der Waals surface area contributed by atoms with Crippen molar-refractivity contribution in [2.24, 2.45) is 0 Å². The summed E-state index contributed by atoms with van der Waals surface area (Å²) in [6.07, 6.45) is -4.71. The fourth-order valence-corrected chi connectivity index (χ4v) is 5.08. The van der Waals surface area contributed by atoms with Crippen LogP contribution in [0.5, 0.6) is 0 Å². The number of aliphatic hydroxyl groups excluding tert-OH is 4. The number of halogens is 1. The Balaban J connectivity index is 1.71. The van der Waals surface area contributed by atoms with E-state index in [0.717, 1.165) is 20.9 Å². The molecule has 3 heterocycles. The first kappa shape index (κ1) is 20.3. The summed E-state index contributed by atoms with van der Waals surface area (Å²) in [5, 5.41) is 41.3. The molecule has 0 amide bonds. The lowest BCUT2D eigenvalue weighted by molar-refractivity contribution is -0.362. The second-order valence-corrected chi connectivity index (χ2v) is 9.07. The van der Waals surface area contributed by atoms with E-state index in [1.54, 1.807) is 19.9 Å². The second kappa shape index (κ2) is 7.34. The van der Waals surface area contributed by atoms with E-state index in [-0.39, 0.29) is 6.61 Å². The molecule has 0 aliphatic carbocycles. The van der Waals surface area contributed by atoms with Crippen molar-refractivity contribution in [3.05, 3.63) is 55.7 Å². The Bertz CT molecular complexity index is 884. The van der Waals surface area contributed by atoms with Gasteiger partial charge in [0.25, 0.3) is 0 Å². The largest absolute Gasteiger partial charge is 0.388 e. The highest BCUT2D eigenvalue weighted by molar-refractivity contribution is 7.12. The van der Waals surface area contributed by atoms with Gasteiger partial charge in [0.05, 0.1) is 18.8 Å². The van der Waals surface area contributed by atoms with Crippen LogP contribution in [0.25, 0.3) is 0 Å². The molecule has 0 bridgehead atoms. The van der Waals surface area contributed by atoms with Crippen LogP contribution in [0.1, 0.15) is 46.4 Å². The Labute approximate surface area is 171 Å². The van der Waals surface area contributed by atoms with Crippen LogP contribution < -0.4 is 0 Å². The lowest BCUT2D eigenvalue weighted by Gasteiger charge is -2.45. The quantitative estimate of drug-likeness (QED) is 0.600. The zero-order chi connectivity index (χ0) is 20.2. The Morgan fingerprint density at radius 1 is 1.25 bits per heavy atom. The maximum absolute atomic E-state index is 10.7. The molecule has 28 heavy (non-hydrogen) atoms. The van der Waals surface area contributed by atoms with E-state index in [1.165, 1.54) is 11.3 Å². The molecule has 8 heteroatoms. The van der Waals surface area contributed by atoms with Gasteiger partial charge in [0, 0.05) is 26.8 Å². The fraction of sp³-hybridized carbons (Fsp3) is 0.500. The average Bonchev–Trinajstić information content (AvgIpc) is 3.25. The van der Waals surface area contributed by atoms with Gasteiger partial charge in [0.15, 0.2) is 0 Å². The molecule has 0 radical (unpaired) electrons. The highest BCUT2D eigenvalue weighted by atomic mass is 35.5. The topological polar surface area (TPSA) is 99.4 Å². The number of aliphatic hydroxyl groups is 4. The van der Waals surface area contributed by atoms with E-state index in [0.29, 0.717) is 17.0 Å². The van der Waals surface area contributed by atoms with E-state index in [4.69, 9.17) is 21.1 Å². The highest BCUT2D eigenvalue weighted by Crippen LogP contribution is 2.47. The van der Waals surface area contributed by atoms with Gasteiger partial charge in [-0.3, -0.25) is 0 Å². The van der Waals surface area contributed by atoms with Crippen LogP contribution >= 0.6 is 22.9 Å². The van der Waals surface area contributed by atoms with E-state index in [1.807, 2.05) is 18.2 Å². The van der Waals surface area contributed by atoms with E-state index in [2.05, 4.69) is 0 Å². The summed E-state index contributed by atoms with van der Waals surface area (Å²) in [6, 6.07) is 7.48. The molecule has 1 spiro atoms. The zero-order valence-electron chi connectivity index (χ0n) is 15.5. The number of rotatable bonds is 3. The monoisotopic (exact) mass is 426 g/mol. The van der Waals surface area contributed by atoms with Crippen molar-refractivity contribution in [1.29, 1.82) is 0 Å². The SMILES string of the molecule is C[C@@H](O)c1ccc(Cc2cc3c(cc2Cl)CO[C@]32O[C@H](C)[C@@H](O)[C@H](O)[C@H]2O)s1. The first-order chi connectivity index (χ1) is 13.2. The minimum absolute atomic E-state index is 0.188. The molecule has 1 aromatic carbocycles. The number of ether oxygens (including phenoxy) is 2. The van der Waals surface area contributed by atoms with Gasteiger partial charge in [0.2, 0.25) is 5.79 Å². The van der Waals surface area contributed by atoms with Gasteiger partial charge in [-0.05, 0) is 49.2 Å². The van der Waals surface area contributed by atoms with Crippen LogP contribution in [0.4, 0.5) is 0 Å². The molecule has 2 aliphatic rings. The summed E-state index contributed by atoms with van der Waals surface area (Å²) in [6.45, 7) is 3.54. The summed E-state index contributed by atoms with van der Waals surface area (Å²) in [5.74, 6) is -1.53. The molecule has 1 fully saturated rings. The van der Waals surface area contributed by atoms with Gasteiger partial charge in [-0.2, -0.15) is 0 Å². The van der Waals surface area contributed by atoms with Crippen molar-refractivity contribution in [1.82, 2.24) is 0 Å². The van der Waals surface area contributed by atoms with Crippen molar-refractivity contribution in [2.75, 3.05) is 0 Å². The normalized spacial score (nSPS) is 33.2. The standard InChI is InChI=1S/C20H23ClO6S/c1-9(22)16-4-3-13(28-16)5-11-6-14-12(7-15(11)21)8-26-20(14)19(25)18(24)17(23)10(2)27-20/h3-4,6-7,9-10,17-19,22-25H,5,8H2,1-2H3/t9-,10-,17-,18+,19-,20+/m1/s1. The Morgan fingerprint density at radius 3 is 2.68 bits per heavy atom. The predicted octanol–water partition coefficient (Wildman–Crippen LogP) is 2.23. The third-order valence-corrected chi connectivity index (χ3v) is 7.06. The van der Waals surface area contributed by atoms with Crippen LogP contribution in [-0.4, -0.2) is 44.8 Å². The van der Waals surface area contributed by atoms with Crippen LogP contribution in [0.2, 0.25) is 5.02 Å². The molecule has 0 saturated carbocycles. The molecule has 152 valence electrons. The maximum atomic E-state index is 10.7. The summed E-state index contributed by atoms with van der Waals surface area (Å²) in [7, 11) is 0. The minimum Gasteiger partial charge on any atom is -0.388 e. The fourth-order valence-electron chi connectivity index (χ4n) is 3.85. The first-order valence-corrected chi connectivity index (χ1v) is 10.4. The second-order valence-electron chi connectivity index (χ2n) is 7.46. The van der Waals surface area contributed by atoms with Gasteiger partial charge in [-0.15, -0.1) is 11.3 Å². The van der Waals surface area contributed by atoms with Crippen LogP contribution in [0, 0.1) is 0 Å². The summed E-state index contributed by atoms with van der Waals surface area (Å²) in [4.78, 5) is 1.92. The average molecular weight is 427 g/mol. The number of hydrogen-bond donors (Lipinski definition) is 4. The third-order valence-electron chi connectivity index (χ3n) is 5.45. The van der Waals surface area contributed by atoms with Crippen molar-refractivity contribution in [3.8, 4) is 0 Å². The number of thiophene rings is 1. The summed E-state index contributed by atoms with van der Waals surface area (Å²) < 4.78 is 11.7. The van der Waals surface area contributed by atoms with E-state index >= 15 is 0 Å². The van der Waals surface area contributed by atoms with Gasteiger partial charge < -0.3 is 29.9 Å². The van der Waals surface area contributed by atoms with E-state index in [9.17, 15) is 20.4 Å². The van der Waals surface area contributed by atoms with Crippen molar-refractivity contribution in [2.45, 2.75) is 63.2 Å². The number of fused-ring (bicyclic) bond motifs is 2. The molecule has 4 rings (SSSR count). The van der Waals surface area contributed by atoms with Crippen LogP contribution in [0.15, 0.2) is 24.3 Å². The Morgan fingerprint density at radius 2 is 2.00 bits per heavy atom. The lowest BCUT2D eigenvalue weighted by atomic mass is 9.87. The molecular weight excluding hydrogens is 404 g/mol. The maximum Gasteiger partial charge on any atom is 0.225 e. The number of hydrogen-bond acceptors (Lipinski definition) is 7. The van der Waals surface area contributed by atoms with Crippen LogP contribution in [0.3, 0.4) is 0 Å². The molecule has 4 N–H and O–H groups in total. The predicted molar refractivity (Wildman–Crippen MR) is 104 cm³/mol. The van der Waals surface area contributed by atoms with Gasteiger partial charge in [-0.1, -0.05) is 11.6 Å². The Kier molecular flexibility index (Phi) is 5.31. The van der Waals surface area contributed by atoms with Gasteiger partial charge in [-0.25, -0.2) is 0 Å². The van der Waals surface area contributed by atoms with Crippen molar-refractivity contribution >= 4 is 22.9 Å². The molecule has 1 saturated heterocycles. The summed E-state index contributed by atoms with van der Waals surface area (Å²) >= 11 is 7.99. The summed E-state index contributed by atoms with van der Waals surface area (Å²) in [5.41, 5.74) is 2.22. The Hall–Kier alpha value is -1.03. The molecule has 2 aliphatic heterocycles. The van der Waals surface area contributed by atoms with Crippen molar-refractivity contribution in [3.63, 3.8) is 0 Å². The van der Waals surface area contributed by atoms with E-state index < -0.39 is 36.3 Å². The number of benzene rings is 1. The molecule has 2 aromatic rings. The highest BCUT2D eigenvalue weighted by Gasteiger charge is 2.57. The molecular formula is C20H23ClO6S. The molecule has 6 nitrogen and oxygen atoms in total. The van der Waals surface area contributed by atoms with Crippen LogP contribution in [-0.2, 0) is 28.3 Å². The zero-order valence-corrected chi connectivity index (χ0v) is 17.1. The van der Waals surface area contributed by atoms with Gasteiger partial charge in [0.1, 0.15) is 18.3 Å². The van der Waals surface area contributed by atoms with Crippen molar-refractivity contribution < 1.29 is 29.9 Å². The first-order valence-electron chi connectivity index (χ1n) is 9.17. The molecule has 6 atom stereocenters. The van der Waals surface area contributed by atoms with Gasteiger partial charge >= 0.3 is 0 Å².